The molecular weight excluding hydrogens is 244 g/mol. The maximum Gasteiger partial charge on any atom is 0.228 e. The van der Waals surface area contributed by atoms with E-state index in [0.717, 1.165) is 11.3 Å². The molecule has 0 aromatic heterocycles. The van der Waals surface area contributed by atoms with Gasteiger partial charge in [0.2, 0.25) is 5.91 Å². The van der Waals surface area contributed by atoms with Crippen molar-refractivity contribution in [2.24, 2.45) is 0 Å². The lowest BCUT2D eigenvalue weighted by molar-refractivity contribution is -0.118. The summed E-state index contributed by atoms with van der Waals surface area (Å²) in [6.07, 6.45) is 0.446. The molecule has 0 aliphatic heterocycles. The number of hydrogen-bond donors (Lipinski definition) is 1. The average Bonchev–Trinajstić information content (AvgIpc) is 2.42. The van der Waals surface area contributed by atoms with E-state index >= 15 is 0 Å². The first kappa shape index (κ1) is 15.3. The Hall–Kier alpha value is -1.75. The highest BCUT2D eigenvalue weighted by Crippen LogP contribution is 2.35. The van der Waals surface area contributed by atoms with Crippen molar-refractivity contribution in [2.75, 3.05) is 39.8 Å². The molecule has 1 aromatic rings. The van der Waals surface area contributed by atoms with Gasteiger partial charge in [-0.15, -0.1) is 0 Å². The Morgan fingerprint density at radius 3 is 2.53 bits per heavy atom. The number of nitrogens with one attached hydrogen (secondary N) is 1. The first-order valence-corrected chi connectivity index (χ1v) is 6.19. The van der Waals surface area contributed by atoms with Crippen molar-refractivity contribution in [1.82, 2.24) is 5.32 Å². The van der Waals surface area contributed by atoms with Gasteiger partial charge < -0.3 is 19.7 Å². The lowest BCUT2D eigenvalue weighted by Gasteiger charge is -2.23. The van der Waals surface area contributed by atoms with Gasteiger partial charge in [0, 0.05) is 26.1 Å². The van der Waals surface area contributed by atoms with Crippen molar-refractivity contribution in [3.63, 3.8) is 0 Å². The van der Waals surface area contributed by atoms with Crippen LogP contribution in [0.5, 0.6) is 11.5 Å². The molecule has 0 spiro atoms. The van der Waals surface area contributed by atoms with E-state index in [4.69, 9.17) is 9.47 Å². The molecule has 1 amide bonds. The molecular formula is C14H22N2O3. The van der Waals surface area contributed by atoms with E-state index in [2.05, 4.69) is 5.32 Å². The highest BCUT2D eigenvalue weighted by molar-refractivity contribution is 5.95. The highest BCUT2D eigenvalue weighted by Gasteiger charge is 2.18. The first-order valence-electron chi connectivity index (χ1n) is 6.19. The van der Waals surface area contributed by atoms with Crippen LogP contribution in [0.4, 0.5) is 5.69 Å². The Morgan fingerprint density at radius 2 is 2.00 bits per heavy atom. The Morgan fingerprint density at radius 1 is 1.32 bits per heavy atom. The lowest BCUT2D eigenvalue weighted by Crippen LogP contribution is -2.29. The summed E-state index contributed by atoms with van der Waals surface area (Å²) >= 11 is 0. The zero-order valence-electron chi connectivity index (χ0n) is 12.2. The second-order valence-corrected chi connectivity index (χ2v) is 4.30. The van der Waals surface area contributed by atoms with E-state index in [0.29, 0.717) is 24.5 Å². The molecule has 0 radical (unpaired) electrons. The van der Waals surface area contributed by atoms with Crippen molar-refractivity contribution >= 4 is 11.6 Å². The van der Waals surface area contributed by atoms with Gasteiger partial charge in [-0.2, -0.15) is 0 Å². The fraction of sp³-hybridized carbons (Fsp3) is 0.500. The predicted octanol–water partition coefficient (Wildman–Crippen LogP) is 1.58. The minimum atomic E-state index is 0.0425. The number of ether oxygens (including phenoxy) is 2. The second kappa shape index (κ2) is 6.99. The fourth-order valence-corrected chi connectivity index (χ4v) is 1.94. The van der Waals surface area contributed by atoms with Crippen molar-refractivity contribution in [1.29, 1.82) is 0 Å². The average molecular weight is 266 g/mol. The Labute approximate surface area is 114 Å². The third kappa shape index (κ3) is 3.61. The molecule has 0 atom stereocenters. The number of rotatable bonds is 6. The molecule has 5 heteroatoms. The number of hydrogen-bond acceptors (Lipinski definition) is 4. The van der Waals surface area contributed by atoms with Gasteiger partial charge in [0.15, 0.2) is 0 Å². The number of benzene rings is 1. The van der Waals surface area contributed by atoms with Gasteiger partial charge in [0.05, 0.1) is 19.9 Å². The largest absolute Gasteiger partial charge is 0.497 e. The van der Waals surface area contributed by atoms with E-state index in [9.17, 15) is 4.79 Å². The topological polar surface area (TPSA) is 50.8 Å². The van der Waals surface area contributed by atoms with E-state index < -0.39 is 0 Å². The summed E-state index contributed by atoms with van der Waals surface area (Å²) < 4.78 is 10.6. The van der Waals surface area contributed by atoms with Gasteiger partial charge in [0.25, 0.3) is 0 Å². The zero-order chi connectivity index (χ0) is 14.4. The third-order valence-corrected chi connectivity index (χ3v) is 2.99. The lowest BCUT2D eigenvalue weighted by atomic mass is 10.1. The minimum Gasteiger partial charge on any atom is -0.497 e. The molecule has 5 nitrogen and oxygen atoms in total. The van der Waals surface area contributed by atoms with Gasteiger partial charge in [0.1, 0.15) is 11.5 Å². The summed E-state index contributed by atoms with van der Waals surface area (Å²) in [6, 6.07) is 3.67. The smallest absolute Gasteiger partial charge is 0.228 e. The SMILES string of the molecule is CNCCC(=O)N(C)c1c(C)cc(OC)cc1OC. The van der Waals surface area contributed by atoms with Gasteiger partial charge in [-0.3, -0.25) is 4.79 Å². The van der Waals surface area contributed by atoms with Crippen LogP contribution in [0.15, 0.2) is 12.1 Å². The highest BCUT2D eigenvalue weighted by atomic mass is 16.5. The quantitative estimate of drug-likeness (QED) is 0.849. The standard InChI is InChI=1S/C14H22N2O3/c1-10-8-11(18-4)9-12(19-5)14(10)16(3)13(17)6-7-15-2/h8-9,15H,6-7H2,1-5H3. The molecule has 1 N–H and O–H groups in total. The van der Waals surface area contributed by atoms with Crippen LogP contribution in [0, 0.1) is 6.92 Å². The van der Waals surface area contributed by atoms with Crippen LogP contribution in [-0.4, -0.2) is 40.8 Å². The Kier molecular flexibility index (Phi) is 5.63. The number of amides is 1. The van der Waals surface area contributed by atoms with Crippen molar-refractivity contribution in [3.05, 3.63) is 17.7 Å². The van der Waals surface area contributed by atoms with Crippen molar-refractivity contribution in [3.8, 4) is 11.5 Å². The molecule has 19 heavy (non-hydrogen) atoms. The molecule has 1 aromatic carbocycles. The Balaban J connectivity index is 3.07. The number of carbonyl (C=O) groups excluding carboxylic acids is 1. The number of aryl methyl sites for hydroxylation is 1. The molecule has 0 aliphatic carbocycles. The molecule has 0 saturated carbocycles. The van der Waals surface area contributed by atoms with Gasteiger partial charge >= 0.3 is 0 Å². The monoisotopic (exact) mass is 266 g/mol. The van der Waals surface area contributed by atoms with Crippen LogP contribution in [0.3, 0.4) is 0 Å². The van der Waals surface area contributed by atoms with E-state index in [1.54, 1.807) is 32.2 Å². The Bertz CT molecular complexity index is 447. The van der Waals surface area contributed by atoms with Gasteiger partial charge in [-0.1, -0.05) is 0 Å². The molecule has 0 heterocycles. The van der Waals surface area contributed by atoms with E-state index in [-0.39, 0.29) is 5.91 Å². The summed E-state index contributed by atoms with van der Waals surface area (Å²) in [5.74, 6) is 1.40. The summed E-state index contributed by atoms with van der Waals surface area (Å²) in [5.41, 5.74) is 1.72. The van der Waals surface area contributed by atoms with Crippen LogP contribution in [0.25, 0.3) is 0 Å². The van der Waals surface area contributed by atoms with Crippen molar-refractivity contribution < 1.29 is 14.3 Å². The summed E-state index contributed by atoms with van der Waals surface area (Å²) in [5, 5.41) is 2.97. The van der Waals surface area contributed by atoms with Crippen LogP contribution >= 0.6 is 0 Å². The molecule has 0 unspecified atom stereocenters. The molecule has 1 rings (SSSR count). The van der Waals surface area contributed by atoms with Crippen LogP contribution < -0.4 is 19.7 Å². The van der Waals surface area contributed by atoms with Crippen molar-refractivity contribution in [2.45, 2.75) is 13.3 Å². The number of anilines is 1. The summed E-state index contributed by atoms with van der Waals surface area (Å²) in [6.45, 7) is 2.59. The molecule has 0 fully saturated rings. The normalized spacial score (nSPS) is 10.2. The van der Waals surface area contributed by atoms with Gasteiger partial charge in [-0.05, 0) is 25.6 Å². The third-order valence-electron chi connectivity index (χ3n) is 2.99. The predicted molar refractivity (Wildman–Crippen MR) is 76.2 cm³/mol. The molecule has 0 bridgehead atoms. The summed E-state index contributed by atoms with van der Waals surface area (Å²) in [7, 11) is 6.78. The van der Waals surface area contributed by atoms with Gasteiger partial charge in [-0.25, -0.2) is 0 Å². The maximum absolute atomic E-state index is 12.1. The van der Waals surface area contributed by atoms with Crippen LogP contribution in [-0.2, 0) is 4.79 Å². The summed E-state index contributed by atoms with van der Waals surface area (Å²) in [4.78, 5) is 13.7. The van der Waals surface area contributed by atoms with E-state index in [1.807, 2.05) is 20.0 Å². The minimum absolute atomic E-state index is 0.0425. The van der Waals surface area contributed by atoms with Crippen LogP contribution in [0.1, 0.15) is 12.0 Å². The zero-order valence-corrected chi connectivity index (χ0v) is 12.2. The molecule has 106 valence electrons. The number of carbonyl (C=O) groups is 1. The fourth-order valence-electron chi connectivity index (χ4n) is 1.94. The van der Waals surface area contributed by atoms with E-state index in [1.165, 1.54) is 0 Å². The molecule has 0 saturated heterocycles. The van der Waals surface area contributed by atoms with Crippen LogP contribution in [0.2, 0.25) is 0 Å². The number of methoxy groups -OCH3 is 2. The molecule has 0 aliphatic rings. The second-order valence-electron chi connectivity index (χ2n) is 4.30. The maximum atomic E-state index is 12.1. The number of nitrogens with zero attached hydrogens (tertiary/aromatic N) is 1. The first-order chi connectivity index (χ1) is 9.04.